The molecular weight excluding hydrogens is 673 g/mol. The van der Waals surface area contributed by atoms with Gasteiger partial charge in [-0.05, 0) is 41.2 Å². The van der Waals surface area contributed by atoms with Crippen molar-refractivity contribution in [2.24, 2.45) is 28.6 Å². The van der Waals surface area contributed by atoms with E-state index in [9.17, 15) is 9.59 Å². The van der Waals surface area contributed by atoms with Crippen LogP contribution in [0.4, 0.5) is 0 Å². The molecule has 0 radical (unpaired) electrons. The van der Waals surface area contributed by atoms with Crippen LogP contribution < -0.4 is 4.57 Å². The highest BCUT2D eigenvalue weighted by Crippen LogP contribution is 2.69. The molecule has 264 valence electrons. The van der Waals surface area contributed by atoms with Gasteiger partial charge in [0.25, 0.3) is 0 Å². The van der Waals surface area contributed by atoms with E-state index in [0.717, 1.165) is 47.8 Å². The molecular formula is C43H47N2O4S2+. The zero-order valence-corrected chi connectivity index (χ0v) is 31.4. The second-order valence-corrected chi connectivity index (χ2v) is 17.7. The number of ether oxygens (including phenoxy) is 2. The van der Waals surface area contributed by atoms with E-state index < -0.39 is 17.1 Å². The molecule has 2 bridgehead atoms. The third-order valence-electron chi connectivity index (χ3n) is 13.1. The maximum atomic E-state index is 13.8. The fourth-order valence-electron chi connectivity index (χ4n) is 10.0. The second-order valence-electron chi connectivity index (χ2n) is 15.6. The van der Waals surface area contributed by atoms with E-state index >= 15 is 0 Å². The molecule has 0 amide bonds. The summed E-state index contributed by atoms with van der Waals surface area (Å²) >= 11 is 2.96. The number of pyridine rings is 1. The lowest BCUT2D eigenvalue weighted by molar-refractivity contribution is -0.688. The Morgan fingerprint density at radius 2 is 1.80 bits per heavy atom. The zero-order chi connectivity index (χ0) is 35.4. The number of esters is 1. The Morgan fingerprint density at radius 1 is 1.06 bits per heavy atom. The molecule has 8 rings (SSSR count). The summed E-state index contributed by atoms with van der Waals surface area (Å²) in [5, 5.41) is 2.05. The lowest BCUT2D eigenvalue weighted by atomic mass is 9.51. The van der Waals surface area contributed by atoms with E-state index in [2.05, 4.69) is 105 Å². The Labute approximate surface area is 309 Å². The number of carbonyl (C=O) groups excluding carboxylic acids is 2. The van der Waals surface area contributed by atoms with Crippen LogP contribution in [0.1, 0.15) is 64.9 Å². The van der Waals surface area contributed by atoms with E-state index in [0.29, 0.717) is 18.6 Å². The number of nitrogens with zero attached hydrogens (tertiary/aromatic N) is 2. The predicted molar refractivity (Wildman–Crippen MR) is 202 cm³/mol. The van der Waals surface area contributed by atoms with Gasteiger partial charge in [-0.2, -0.15) is 0 Å². The Balaban J connectivity index is 0.926. The van der Waals surface area contributed by atoms with Gasteiger partial charge in [-0.25, -0.2) is 9.55 Å². The summed E-state index contributed by atoms with van der Waals surface area (Å²) in [6, 6.07) is 23.3. The highest BCUT2D eigenvalue weighted by Gasteiger charge is 2.72. The Hall–Kier alpha value is -3.59. The predicted octanol–water partition coefficient (Wildman–Crippen LogP) is 8.97. The SMILES string of the molecule is C=C[C@]12C[C@@H](OC(=O)CSc3nc(-c4cc[n+](Cc5ccc(-c6ccccc6)cc5)cc4)cs3)[C@]3(C)[C@H](C)CCC[C@]4(CCC(=O)[C@H]43)[C@@H](C)[C@@H]1O2. The van der Waals surface area contributed by atoms with Gasteiger partial charge in [-0.3, -0.25) is 9.59 Å². The van der Waals surface area contributed by atoms with Crippen molar-refractivity contribution in [2.45, 2.75) is 88.0 Å². The van der Waals surface area contributed by atoms with Crippen LogP contribution in [0.5, 0.6) is 0 Å². The van der Waals surface area contributed by atoms with Gasteiger partial charge in [0.2, 0.25) is 0 Å². The second kappa shape index (κ2) is 13.4. The van der Waals surface area contributed by atoms with Gasteiger partial charge in [-0.1, -0.05) is 106 Å². The molecule has 0 unspecified atom stereocenters. The first-order valence-corrected chi connectivity index (χ1v) is 20.3. The average Bonchev–Trinajstić information content (AvgIpc) is 3.51. The Bertz CT molecular complexity index is 1930. The van der Waals surface area contributed by atoms with Crippen molar-refractivity contribution in [3.63, 3.8) is 0 Å². The van der Waals surface area contributed by atoms with Crippen molar-refractivity contribution in [3.05, 3.63) is 103 Å². The lowest BCUT2D eigenvalue weighted by Gasteiger charge is -2.53. The van der Waals surface area contributed by atoms with Crippen LogP contribution in [0.25, 0.3) is 22.4 Å². The number of hydrogen-bond donors (Lipinski definition) is 0. The van der Waals surface area contributed by atoms with Crippen LogP contribution in [0, 0.1) is 28.6 Å². The summed E-state index contributed by atoms with van der Waals surface area (Å²) in [6.07, 6.45) is 10.9. The molecule has 3 saturated carbocycles. The highest BCUT2D eigenvalue weighted by atomic mass is 32.2. The fraction of sp³-hybridized carbons (Fsp3) is 0.442. The molecule has 6 nitrogen and oxygen atoms in total. The molecule has 1 aliphatic heterocycles. The van der Waals surface area contributed by atoms with Crippen molar-refractivity contribution in [2.75, 3.05) is 5.75 Å². The first-order chi connectivity index (χ1) is 24.6. The zero-order valence-electron chi connectivity index (χ0n) is 29.8. The number of Topliss-reactive ketones (excluding diaryl/α,β-unsaturated/α-hetero) is 1. The molecule has 2 aromatic carbocycles. The standard InChI is InChI=1S/C43H47N2O4S2/c1-5-43-24-36(41(4)28(2)10-9-20-42(29(3)39(43)49-43)21-17-35(46)38(41)42)48-37(47)27-51-40-44-34(26-50-40)33-18-22-45(23-19-33)25-30-13-15-32(16-14-30)31-11-7-6-8-12-31/h5-8,11-16,18-19,22-23,26,28-29,36,38-39H,1,9-10,17,20-21,24-25,27H2,2-4H3/q+1/t28-,29+,36-,38+,39+,41+,42+,43+/m1/s1. The average molecular weight is 720 g/mol. The molecule has 4 aliphatic rings. The summed E-state index contributed by atoms with van der Waals surface area (Å²) < 4.78 is 15.9. The topological polar surface area (TPSA) is 72.7 Å². The van der Waals surface area contributed by atoms with Crippen molar-refractivity contribution >= 4 is 34.9 Å². The number of fused-ring (bicyclic) bond motifs is 1. The van der Waals surface area contributed by atoms with Gasteiger partial charge in [-0.15, -0.1) is 17.9 Å². The number of carbonyl (C=O) groups is 2. The summed E-state index contributed by atoms with van der Waals surface area (Å²) in [4.78, 5) is 32.3. The number of hydrogen-bond acceptors (Lipinski definition) is 7. The van der Waals surface area contributed by atoms with Crippen molar-refractivity contribution in [3.8, 4) is 22.4 Å². The van der Waals surface area contributed by atoms with Crippen LogP contribution in [0.15, 0.2) is 101 Å². The van der Waals surface area contributed by atoms with Gasteiger partial charge in [0.1, 0.15) is 17.5 Å². The minimum atomic E-state index is -0.503. The molecule has 4 aromatic rings. The van der Waals surface area contributed by atoms with Crippen molar-refractivity contribution < 1.29 is 23.6 Å². The number of epoxide rings is 1. The van der Waals surface area contributed by atoms with E-state index in [1.54, 1.807) is 11.3 Å². The van der Waals surface area contributed by atoms with Crippen LogP contribution >= 0.6 is 23.1 Å². The van der Waals surface area contributed by atoms with E-state index in [1.165, 1.54) is 28.5 Å². The smallest absolute Gasteiger partial charge is 0.316 e. The number of ketones is 1. The molecule has 3 aliphatic carbocycles. The number of thiazole rings is 1. The first kappa shape index (κ1) is 34.5. The van der Waals surface area contributed by atoms with E-state index in [1.807, 2.05) is 17.5 Å². The molecule has 51 heavy (non-hydrogen) atoms. The van der Waals surface area contributed by atoms with Gasteiger partial charge in [0.15, 0.2) is 23.3 Å². The first-order valence-electron chi connectivity index (χ1n) is 18.4. The van der Waals surface area contributed by atoms with Gasteiger partial charge in [0.05, 0.1) is 17.6 Å². The molecule has 0 N–H and O–H groups in total. The largest absolute Gasteiger partial charge is 0.461 e. The third-order valence-corrected chi connectivity index (χ3v) is 15.1. The number of benzene rings is 2. The molecule has 8 heteroatoms. The van der Waals surface area contributed by atoms with Crippen molar-refractivity contribution in [1.82, 2.24) is 4.98 Å². The summed E-state index contributed by atoms with van der Waals surface area (Å²) in [6.45, 7) is 11.7. The third kappa shape index (κ3) is 6.11. The van der Waals surface area contributed by atoms with E-state index in [4.69, 9.17) is 14.5 Å². The minimum Gasteiger partial charge on any atom is -0.461 e. The fourth-order valence-corrected chi connectivity index (χ4v) is 11.6. The quantitative estimate of drug-likeness (QED) is 0.0566. The normalized spacial score (nSPS) is 32.5. The van der Waals surface area contributed by atoms with E-state index in [-0.39, 0.29) is 41.0 Å². The van der Waals surface area contributed by atoms with Crippen LogP contribution in [-0.4, -0.2) is 40.3 Å². The van der Waals surface area contributed by atoms with Gasteiger partial charge >= 0.3 is 5.97 Å². The van der Waals surface area contributed by atoms with Crippen LogP contribution in [0.3, 0.4) is 0 Å². The molecule has 0 spiro atoms. The molecule has 1 saturated heterocycles. The highest BCUT2D eigenvalue weighted by molar-refractivity contribution is 8.01. The summed E-state index contributed by atoms with van der Waals surface area (Å²) in [5.74, 6) is 0.624. The van der Waals surface area contributed by atoms with Crippen LogP contribution in [0.2, 0.25) is 0 Å². The maximum Gasteiger partial charge on any atom is 0.316 e. The Kier molecular flexibility index (Phi) is 9.08. The number of thioether (sulfide) groups is 1. The minimum absolute atomic E-state index is 0.0182. The van der Waals surface area contributed by atoms with Crippen LogP contribution in [-0.2, 0) is 25.6 Å². The molecule has 2 aromatic heterocycles. The monoisotopic (exact) mass is 719 g/mol. The summed E-state index contributed by atoms with van der Waals surface area (Å²) in [5.41, 5.74) is 4.52. The molecule has 8 atom stereocenters. The molecule has 4 fully saturated rings. The molecule has 3 heterocycles. The van der Waals surface area contributed by atoms with Gasteiger partial charge < -0.3 is 9.47 Å². The lowest BCUT2D eigenvalue weighted by Crippen LogP contribution is -2.56. The van der Waals surface area contributed by atoms with Gasteiger partial charge in [0, 0.05) is 52.8 Å². The number of aromatic nitrogens is 2. The van der Waals surface area contributed by atoms with Crippen molar-refractivity contribution in [1.29, 1.82) is 0 Å². The Morgan fingerprint density at radius 3 is 2.55 bits per heavy atom. The summed E-state index contributed by atoms with van der Waals surface area (Å²) in [7, 11) is 0. The number of rotatable bonds is 9. The maximum absolute atomic E-state index is 13.8.